The van der Waals surface area contributed by atoms with Crippen LogP contribution in [0.1, 0.15) is 37.7 Å². The molecule has 3 heteroatoms. The standard InChI is InChI=1S/C19H23NO2/c1-14(19(21)20-10-4-3-5-11-20)15-6-7-17-13-18(22-2)9-8-16(17)12-15/h6-9,12-14H,3-5,10-11H2,1-2H3/t14-/m0/s1. The van der Waals surface area contributed by atoms with Gasteiger partial charge in [0.05, 0.1) is 13.0 Å². The van der Waals surface area contributed by atoms with Crippen LogP contribution in [-0.2, 0) is 4.79 Å². The normalized spacial score (nSPS) is 16.5. The SMILES string of the molecule is COc1ccc2cc([C@H](C)C(=O)N3CCCCC3)ccc2c1. The third-order valence-corrected chi connectivity index (χ3v) is 4.61. The van der Waals surface area contributed by atoms with Gasteiger partial charge in [0, 0.05) is 13.1 Å². The average Bonchev–Trinajstić information content (AvgIpc) is 2.60. The van der Waals surface area contributed by atoms with E-state index in [1.165, 1.54) is 6.42 Å². The summed E-state index contributed by atoms with van der Waals surface area (Å²) in [5, 5.41) is 2.29. The number of benzene rings is 2. The highest BCUT2D eigenvalue weighted by Crippen LogP contribution is 2.26. The number of nitrogens with zero attached hydrogens (tertiary/aromatic N) is 1. The molecule has 0 radical (unpaired) electrons. The van der Waals surface area contributed by atoms with E-state index < -0.39 is 0 Å². The van der Waals surface area contributed by atoms with Gasteiger partial charge in [-0.15, -0.1) is 0 Å². The van der Waals surface area contributed by atoms with Crippen molar-refractivity contribution in [2.75, 3.05) is 20.2 Å². The Morgan fingerprint density at radius 3 is 2.45 bits per heavy atom. The van der Waals surface area contributed by atoms with Crippen LogP contribution in [0.25, 0.3) is 10.8 Å². The van der Waals surface area contributed by atoms with E-state index in [2.05, 4.69) is 24.3 Å². The lowest BCUT2D eigenvalue weighted by Crippen LogP contribution is -2.38. The zero-order chi connectivity index (χ0) is 15.5. The second kappa shape index (κ2) is 6.39. The molecule has 1 amide bonds. The van der Waals surface area contributed by atoms with Gasteiger partial charge in [-0.2, -0.15) is 0 Å². The minimum Gasteiger partial charge on any atom is -0.497 e. The van der Waals surface area contributed by atoms with Crippen molar-refractivity contribution in [1.82, 2.24) is 4.90 Å². The first-order chi connectivity index (χ1) is 10.7. The van der Waals surface area contributed by atoms with Gasteiger partial charge >= 0.3 is 0 Å². The monoisotopic (exact) mass is 297 g/mol. The van der Waals surface area contributed by atoms with Crippen LogP contribution < -0.4 is 4.74 Å². The van der Waals surface area contributed by atoms with E-state index >= 15 is 0 Å². The van der Waals surface area contributed by atoms with Gasteiger partial charge in [-0.3, -0.25) is 4.79 Å². The first-order valence-corrected chi connectivity index (χ1v) is 8.05. The predicted molar refractivity (Wildman–Crippen MR) is 89.3 cm³/mol. The molecule has 3 nitrogen and oxygen atoms in total. The predicted octanol–water partition coefficient (Wildman–Crippen LogP) is 3.96. The molecule has 1 aliphatic rings. The molecule has 0 N–H and O–H groups in total. The molecule has 0 aromatic heterocycles. The smallest absolute Gasteiger partial charge is 0.229 e. The molecule has 2 aromatic carbocycles. The molecule has 116 valence electrons. The first-order valence-electron chi connectivity index (χ1n) is 8.05. The molecule has 0 bridgehead atoms. The number of carbonyl (C=O) groups is 1. The van der Waals surface area contributed by atoms with Crippen LogP contribution in [0.4, 0.5) is 0 Å². The summed E-state index contributed by atoms with van der Waals surface area (Å²) < 4.78 is 5.26. The van der Waals surface area contributed by atoms with E-state index in [1.54, 1.807) is 7.11 Å². The summed E-state index contributed by atoms with van der Waals surface area (Å²) in [6.07, 6.45) is 3.52. The molecule has 2 aromatic rings. The van der Waals surface area contributed by atoms with Gasteiger partial charge in [0.1, 0.15) is 5.75 Å². The number of hydrogen-bond donors (Lipinski definition) is 0. The minimum atomic E-state index is -0.0791. The molecule has 3 rings (SSSR count). The summed E-state index contributed by atoms with van der Waals surface area (Å²) in [5.41, 5.74) is 1.09. The quantitative estimate of drug-likeness (QED) is 0.858. The number of carbonyl (C=O) groups excluding carboxylic acids is 1. The Morgan fingerprint density at radius 2 is 1.73 bits per heavy atom. The molecule has 0 aliphatic carbocycles. The topological polar surface area (TPSA) is 29.5 Å². The number of ether oxygens (including phenoxy) is 1. The highest BCUT2D eigenvalue weighted by Gasteiger charge is 2.23. The van der Waals surface area contributed by atoms with E-state index in [9.17, 15) is 4.79 Å². The van der Waals surface area contributed by atoms with Crippen LogP contribution in [0.15, 0.2) is 36.4 Å². The minimum absolute atomic E-state index is 0.0791. The van der Waals surface area contributed by atoms with Gasteiger partial charge in [0.15, 0.2) is 0 Å². The highest BCUT2D eigenvalue weighted by atomic mass is 16.5. The Morgan fingerprint density at radius 1 is 1.05 bits per heavy atom. The Balaban J connectivity index is 1.84. The summed E-state index contributed by atoms with van der Waals surface area (Å²) in [4.78, 5) is 14.7. The van der Waals surface area contributed by atoms with Crippen LogP contribution in [0, 0.1) is 0 Å². The number of hydrogen-bond acceptors (Lipinski definition) is 2. The van der Waals surface area contributed by atoms with Crippen LogP contribution in [0.5, 0.6) is 5.75 Å². The first kappa shape index (κ1) is 14.9. The maximum absolute atomic E-state index is 12.6. The van der Waals surface area contributed by atoms with Crippen LogP contribution in [-0.4, -0.2) is 31.0 Å². The van der Waals surface area contributed by atoms with Crippen molar-refractivity contribution in [3.63, 3.8) is 0 Å². The van der Waals surface area contributed by atoms with Gasteiger partial charge in [0.25, 0.3) is 0 Å². The van der Waals surface area contributed by atoms with Gasteiger partial charge in [-0.25, -0.2) is 0 Å². The van der Waals surface area contributed by atoms with Gasteiger partial charge < -0.3 is 9.64 Å². The molecular weight excluding hydrogens is 274 g/mol. The van der Waals surface area contributed by atoms with Gasteiger partial charge in [0.2, 0.25) is 5.91 Å². The van der Waals surface area contributed by atoms with Crippen molar-refractivity contribution in [2.45, 2.75) is 32.1 Å². The molecular formula is C19H23NO2. The van der Waals surface area contributed by atoms with E-state index in [1.807, 2.05) is 24.0 Å². The third-order valence-electron chi connectivity index (χ3n) is 4.61. The Labute approximate surface area is 131 Å². The fourth-order valence-electron chi connectivity index (χ4n) is 3.17. The van der Waals surface area contributed by atoms with Crippen molar-refractivity contribution in [2.24, 2.45) is 0 Å². The summed E-state index contributed by atoms with van der Waals surface area (Å²) in [5.74, 6) is 1.04. The van der Waals surface area contributed by atoms with Crippen molar-refractivity contribution in [1.29, 1.82) is 0 Å². The zero-order valence-electron chi connectivity index (χ0n) is 13.3. The summed E-state index contributed by atoms with van der Waals surface area (Å²) in [6, 6.07) is 12.3. The van der Waals surface area contributed by atoms with Crippen molar-refractivity contribution < 1.29 is 9.53 Å². The summed E-state index contributed by atoms with van der Waals surface area (Å²) >= 11 is 0. The second-order valence-electron chi connectivity index (χ2n) is 6.08. The summed E-state index contributed by atoms with van der Waals surface area (Å²) in [7, 11) is 1.68. The van der Waals surface area contributed by atoms with Crippen molar-refractivity contribution in [3.8, 4) is 5.75 Å². The lowest BCUT2D eigenvalue weighted by atomic mass is 9.95. The fraction of sp³-hybridized carbons (Fsp3) is 0.421. The molecule has 0 spiro atoms. The fourth-order valence-corrected chi connectivity index (χ4v) is 3.17. The molecule has 1 atom stereocenters. The third kappa shape index (κ3) is 2.94. The lowest BCUT2D eigenvalue weighted by Gasteiger charge is -2.29. The lowest BCUT2D eigenvalue weighted by molar-refractivity contribution is -0.133. The largest absolute Gasteiger partial charge is 0.497 e. The van der Waals surface area contributed by atoms with Crippen LogP contribution in [0.2, 0.25) is 0 Å². The number of fused-ring (bicyclic) bond motifs is 1. The van der Waals surface area contributed by atoms with E-state index in [0.29, 0.717) is 0 Å². The van der Waals surface area contributed by atoms with Crippen molar-refractivity contribution >= 4 is 16.7 Å². The maximum Gasteiger partial charge on any atom is 0.229 e. The Bertz CT molecular complexity index is 674. The maximum atomic E-state index is 12.6. The summed E-state index contributed by atoms with van der Waals surface area (Å²) in [6.45, 7) is 3.84. The molecule has 1 saturated heterocycles. The van der Waals surface area contributed by atoms with Crippen LogP contribution >= 0.6 is 0 Å². The van der Waals surface area contributed by atoms with Crippen LogP contribution in [0.3, 0.4) is 0 Å². The molecule has 0 unspecified atom stereocenters. The molecule has 1 fully saturated rings. The highest BCUT2D eigenvalue weighted by molar-refractivity contribution is 5.88. The van der Waals surface area contributed by atoms with Gasteiger partial charge in [-0.1, -0.05) is 24.3 Å². The van der Waals surface area contributed by atoms with E-state index in [4.69, 9.17) is 4.74 Å². The average molecular weight is 297 g/mol. The molecule has 0 saturated carbocycles. The Kier molecular flexibility index (Phi) is 4.32. The molecule has 1 aliphatic heterocycles. The number of likely N-dealkylation sites (tertiary alicyclic amines) is 1. The van der Waals surface area contributed by atoms with Gasteiger partial charge in [-0.05, 0) is 54.7 Å². The van der Waals surface area contributed by atoms with E-state index in [-0.39, 0.29) is 11.8 Å². The number of rotatable bonds is 3. The zero-order valence-corrected chi connectivity index (χ0v) is 13.3. The number of methoxy groups -OCH3 is 1. The number of amides is 1. The van der Waals surface area contributed by atoms with Crippen molar-refractivity contribution in [3.05, 3.63) is 42.0 Å². The molecule has 1 heterocycles. The van der Waals surface area contributed by atoms with E-state index in [0.717, 1.165) is 48.0 Å². The second-order valence-corrected chi connectivity index (χ2v) is 6.08. The number of piperidine rings is 1. The Hall–Kier alpha value is -2.03. The molecule has 22 heavy (non-hydrogen) atoms.